The molecular weight excluding hydrogens is 376 g/mol. The molecule has 2 aliphatic carbocycles. The van der Waals surface area contributed by atoms with Gasteiger partial charge < -0.3 is 20.3 Å². The van der Waals surface area contributed by atoms with Crippen LogP contribution in [0.25, 0.3) is 0 Å². The van der Waals surface area contributed by atoms with Crippen LogP contribution in [0.2, 0.25) is 0 Å². The lowest BCUT2D eigenvalue weighted by molar-refractivity contribution is 0.101. The van der Waals surface area contributed by atoms with Crippen molar-refractivity contribution in [2.75, 3.05) is 38.2 Å². The van der Waals surface area contributed by atoms with Crippen molar-refractivity contribution in [2.24, 2.45) is 5.92 Å². The predicted octanol–water partition coefficient (Wildman–Crippen LogP) is 2.44. The number of anilines is 1. The number of nitriles is 1. The van der Waals surface area contributed by atoms with E-state index in [1.807, 2.05) is 24.3 Å². The van der Waals surface area contributed by atoms with E-state index in [1.165, 1.54) is 0 Å². The highest BCUT2D eigenvalue weighted by molar-refractivity contribution is 6.14. The maximum atomic E-state index is 13.7. The van der Waals surface area contributed by atoms with Gasteiger partial charge >= 0.3 is 0 Å². The van der Waals surface area contributed by atoms with Crippen LogP contribution in [0.1, 0.15) is 29.8 Å². The zero-order chi connectivity index (χ0) is 21.0. The van der Waals surface area contributed by atoms with Crippen molar-refractivity contribution < 1.29 is 9.53 Å². The third kappa shape index (κ3) is 2.62. The van der Waals surface area contributed by atoms with Gasteiger partial charge in [-0.1, -0.05) is 19.9 Å². The number of hydrogen-bond acceptors (Lipinski definition) is 6. The van der Waals surface area contributed by atoms with Crippen LogP contribution >= 0.6 is 0 Å². The van der Waals surface area contributed by atoms with Gasteiger partial charge in [-0.05, 0) is 29.8 Å². The van der Waals surface area contributed by atoms with E-state index in [0.717, 1.165) is 60.0 Å². The Kier molecular flexibility index (Phi) is 4.26. The molecule has 0 bridgehead atoms. The maximum Gasteiger partial charge on any atom is 0.191 e. The molecule has 1 aromatic rings. The minimum absolute atomic E-state index is 0.0455. The smallest absolute Gasteiger partial charge is 0.191 e. The lowest BCUT2D eigenvalue weighted by Gasteiger charge is -2.37. The summed E-state index contributed by atoms with van der Waals surface area (Å²) in [4.78, 5) is 16.0. The normalized spacial score (nSPS) is 26.3. The first-order chi connectivity index (χ1) is 14.5. The number of piperazine rings is 1. The Balaban J connectivity index is 1.62. The number of carbonyl (C=O) groups excluding carboxylic acids is 1. The molecule has 6 heteroatoms. The van der Waals surface area contributed by atoms with Crippen LogP contribution in [-0.2, 0) is 5.41 Å². The Morgan fingerprint density at radius 1 is 1.27 bits per heavy atom. The molecule has 30 heavy (non-hydrogen) atoms. The third-order valence-electron chi connectivity index (χ3n) is 6.84. The summed E-state index contributed by atoms with van der Waals surface area (Å²) in [5.41, 5.74) is 4.88. The molecule has 6 nitrogen and oxygen atoms in total. The van der Waals surface area contributed by atoms with Gasteiger partial charge in [0.05, 0.1) is 24.9 Å². The highest BCUT2D eigenvalue weighted by Crippen LogP contribution is 2.49. The third-order valence-corrected chi connectivity index (χ3v) is 6.84. The fraction of sp³-hybridized carbons (Fsp3) is 0.417. The molecular formula is C24H26N4O2. The van der Waals surface area contributed by atoms with Crippen LogP contribution in [0.5, 0.6) is 5.75 Å². The van der Waals surface area contributed by atoms with E-state index in [4.69, 9.17) is 4.74 Å². The molecule has 4 aliphatic rings. The Bertz CT molecular complexity index is 1070. The number of methoxy groups -OCH3 is 1. The molecule has 0 spiro atoms. The number of nitrogens with one attached hydrogen (secondary N) is 2. The minimum Gasteiger partial charge on any atom is -0.495 e. The second kappa shape index (κ2) is 6.75. The summed E-state index contributed by atoms with van der Waals surface area (Å²) in [7, 11) is 1.67. The number of carbonyl (C=O) groups is 1. The number of Topliss-reactive ketones (excluding diaryl/α,β-unsaturated/α-hetero) is 1. The van der Waals surface area contributed by atoms with Gasteiger partial charge in [0.15, 0.2) is 5.78 Å². The first kappa shape index (κ1) is 19.0. The number of hydrogen-bond donors (Lipinski definition) is 2. The van der Waals surface area contributed by atoms with Crippen molar-refractivity contribution in [3.63, 3.8) is 0 Å². The molecule has 2 aliphatic heterocycles. The second-order valence-corrected chi connectivity index (χ2v) is 8.84. The maximum absolute atomic E-state index is 13.7. The van der Waals surface area contributed by atoms with Crippen molar-refractivity contribution in [3.8, 4) is 11.8 Å². The summed E-state index contributed by atoms with van der Waals surface area (Å²) in [6.07, 6.45) is 5.75. The van der Waals surface area contributed by atoms with Crippen molar-refractivity contribution in [1.29, 1.82) is 5.26 Å². The molecule has 1 aromatic carbocycles. The van der Waals surface area contributed by atoms with Gasteiger partial charge in [0, 0.05) is 59.9 Å². The van der Waals surface area contributed by atoms with Gasteiger partial charge in [0.25, 0.3) is 0 Å². The van der Waals surface area contributed by atoms with Crippen LogP contribution in [0, 0.1) is 17.2 Å². The zero-order valence-electron chi connectivity index (χ0n) is 17.6. The van der Waals surface area contributed by atoms with Crippen molar-refractivity contribution >= 4 is 11.5 Å². The average molecular weight is 402 g/mol. The SMILES string of the molecule is COc1cc2c(cc1N1CCNCC1)C(C)(C)C1=C(C2=O)C2C=CC(C#N)=CC2N1. The summed E-state index contributed by atoms with van der Waals surface area (Å²) >= 11 is 0. The average Bonchev–Trinajstić information content (AvgIpc) is 3.17. The lowest BCUT2D eigenvalue weighted by Crippen LogP contribution is -2.44. The van der Waals surface area contributed by atoms with Crippen molar-refractivity contribution in [1.82, 2.24) is 10.6 Å². The summed E-state index contributed by atoms with van der Waals surface area (Å²) in [6, 6.07) is 6.23. The van der Waals surface area contributed by atoms with Gasteiger partial charge in [0.1, 0.15) is 5.75 Å². The fourth-order valence-corrected chi connectivity index (χ4v) is 5.22. The van der Waals surface area contributed by atoms with Crippen LogP contribution in [0.3, 0.4) is 0 Å². The number of ketones is 1. The van der Waals surface area contributed by atoms with Gasteiger partial charge in [-0.25, -0.2) is 0 Å². The van der Waals surface area contributed by atoms with Crippen LogP contribution in [0.4, 0.5) is 5.69 Å². The van der Waals surface area contributed by atoms with E-state index in [-0.39, 0.29) is 23.2 Å². The van der Waals surface area contributed by atoms with Crippen LogP contribution < -0.4 is 20.3 Å². The lowest BCUT2D eigenvalue weighted by atomic mass is 9.69. The van der Waals surface area contributed by atoms with Gasteiger partial charge in [-0.2, -0.15) is 5.26 Å². The number of allylic oxidation sites excluding steroid dienone is 3. The van der Waals surface area contributed by atoms with E-state index in [0.29, 0.717) is 5.57 Å². The molecule has 0 aromatic heterocycles. The first-order valence-corrected chi connectivity index (χ1v) is 10.5. The summed E-state index contributed by atoms with van der Waals surface area (Å²) in [6.45, 7) is 8.03. The van der Waals surface area contributed by atoms with E-state index in [9.17, 15) is 10.1 Å². The minimum atomic E-state index is -0.348. The monoisotopic (exact) mass is 402 g/mol. The molecule has 2 N–H and O–H groups in total. The van der Waals surface area contributed by atoms with Gasteiger partial charge in [-0.15, -0.1) is 0 Å². The Labute approximate surface area is 176 Å². The molecule has 0 radical (unpaired) electrons. The summed E-state index contributed by atoms with van der Waals surface area (Å²) in [5.74, 6) is 0.760. The number of fused-ring (bicyclic) bond motifs is 3. The largest absolute Gasteiger partial charge is 0.495 e. The molecule has 2 unspecified atom stereocenters. The van der Waals surface area contributed by atoms with Gasteiger partial charge in [0.2, 0.25) is 0 Å². The van der Waals surface area contributed by atoms with E-state index in [2.05, 4.69) is 41.5 Å². The molecule has 2 heterocycles. The van der Waals surface area contributed by atoms with E-state index < -0.39 is 0 Å². The quantitative estimate of drug-likeness (QED) is 0.791. The molecule has 0 saturated carbocycles. The number of ether oxygens (including phenoxy) is 1. The first-order valence-electron chi connectivity index (χ1n) is 10.5. The van der Waals surface area contributed by atoms with Crippen LogP contribution in [0.15, 0.2) is 47.2 Å². The number of benzene rings is 1. The number of rotatable bonds is 2. The molecule has 1 fully saturated rings. The van der Waals surface area contributed by atoms with Crippen molar-refractivity contribution in [2.45, 2.75) is 25.3 Å². The highest BCUT2D eigenvalue weighted by Gasteiger charge is 2.48. The summed E-state index contributed by atoms with van der Waals surface area (Å²) in [5, 5.41) is 16.2. The summed E-state index contributed by atoms with van der Waals surface area (Å²) < 4.78 is 5.72. The molecule has 1 saturated heterocycles. The fourth-order valence-electron chi connectivity index (χ4n) is 5.22. The molecule has 0 amide bonds. The molecule has 2 atom stereocenters. The standard InChI is InChI=1S/C24H26N4O2/c1-24(2)17-12-19(28-8-6-26-7-9-28)20(30-3)11-16(17)22(29)21-15-5-4-14(13-25)10-18(15)27-23(21)24/h4-5,10-12,15,18,26-27H,6-9H2,1-3H3. The topological polar surface area (TPSA) is 77.4 Å². The predicted molar refractivity (Wildman–Crippen MR) is 116 cm³/mol. The van der Waals surface area contributed by atoms with Gasteiger partial charge in [-0.3, -0.25) is 4.79 Å². The molecule has 5 rings (SSSR count). The Morgan fingerprint density at radius 2 is 2.03 bits per heavy atom. The van der Waals surface area contributed by atoms with Crippen molar-refractivity contribution in [3.05, 3.63) is 58.3 Å². The Hall–Kier alpha value is -3.04. The second-order valence-electron chi connectivity index (χ2n) is 8.84. The zero-order valence-corrected chi connectivity index (χ0v) is 17.6. The highest BCUT2D eigenvalue weighted by atomic mass is 16.5. The molecule has 154 valence electrons. The van der Waals surface area contributed by atoms with E-state index >= 15 is 0 Å². The number of nitrogens with zero attached hydrogens (tertiary/aromatic N) is 2. The Morgan fingerprint density at radius 3 is 2.73 bits per heavy atom. The van der Waals surface area contributed by atoms with Crippen LogP contribution in [-0.4, -0.2) is 45.1 Å². The van der Waals surface area contributed by atoms with E-state index in [1.54, 1.807) is 7.11 Å².